The molecule has 1 aliphatic heterocycles. The van der Waals surface area contributed by atoms with Crippen molar-refractivity contribution in [3.05, 3.63) is 28.2 Å². The number of rotatable bonds is 3. The minimum Gasteiger partial charge on any atom is -0.480 e. The van der Waals surface area contributed by atoms with Crippen LogP contribution in [-0.2, 0) is 14.8 Å². The summed E-state index contributed by atoms with van der Waals surface area (Å²) in [5.41, 5.74) is 0. The summed E-state index contributed by atoms with van der Waals surface area (Å²) >= 11 is 11.5. The predicted molar refractivity (Wildman–Crippen MR) is 71.0 cm³/mol. The molecule has 1 heterocycles. The second-order valence-electron chi connectivity index (χ2n) is 4.19. The van der Waals surface area contributed by atoms with Crippen LogP contribution in [0.1, 0.15) is 12.8 Å². The van der Waals surface area contributed by atoms with Crippen LogP contribution < -0.4 is 0 Å². The first kappa shape index (κ1) is 14.6. The summed E-state index contributed by atoms with van der Waals surface area (Å²) in [6.45, 7) is 0.194. The summed E-state index contributed by atoms with van der Waals surface area (Å²) in [4.78, 5) is 11.0. The van der Waals surface area contributed by atoms with Crippen molar-refractivity contribution in [1.29, 1.82) is 0 Å². The lowest BCUT2D eigenvalue weighted by Crippen LogP contribution is -2.40. The van der Waals surface area contributed by atoms with Crippen LogP contribution in [0.2, 0.25) is 10.0 Å². The van der Waals surface area contributed by atoms with Gasteiger partial charge < -0.3 is 5.11 Å². The van der Waals surface area contributed by atoms with Gasteiger partial charge in [-0.1, -0.05) is 23.2 Å². The van der Waals surface area contributed by atoms with Crippen LogP contribution >= 0.6 is 23.2 Å². The zero-order valence-corrected chi connectivity index (χ0v) is 12.0. The Bertz CT molecular complexity index is 617. The SMILES string of the molecule is O=C(O)[C@@H]1CCCN1S(=O)(=O)c1ccc(Cl)c(Cl)c1. The van der Waals surface area contributed by atoms with Crippen LogP contribution in [-0.4, -0.2) is 36.4 Å². The molecule has 1 fully saturated rings. The maximum Gasteiger partial charge on any atom is 0.322 e. The van der Waals surface area contributed by atoms with Gasteiger partial charge in [-0.25, -0.2) is 8.42 Å². The van der Waals surface area contributed by atoms with Gasteiger partial charge >= 0.3 is 5.97 Å². The van der Waals surface area contributed by atoms with Crippen molar-refractivity contribution < 1.29 is 18.3 Å². The number of carboxylic acids is 1. The zero-order valence-electron chi connectivity index (χ0n) is 9.71. The van der Waals surface area contributed by atoms with Gasteiger partial charge in [-0.3, -0.25) is 4.79 Å². The molecule has 1 aromatic carbocycles. The van der Waals surface area contributed by atoms with E-state index >= 15 is 0 Å². The van der Waals surface area contributed by atoms with E-state index in [2.05, 4.69) is 0 Å². The molecule has 0 bridgehead atoms. The Balaban J connectivity index is 2.42. The van der Waals surface area contributed by atoms with Crippen LogP contribution in [0, 0.1) is 0 Å². The number of sulfonamides is 1. The lowest BCUT2D eigenvalue weighted by atomic mass is 10.2. The van der Waals surface area contributed by atoms with Gasteiger partial charge in [0, 0.05) is 6.54 Å². The van der Waals surface area contributed by atoms with E-state index in [1.165, 1.54) is 18.2 Å². The predicted octanol–water partition coefficient (Wildman–Crippen LogP) is 2.23. The summed E-state index contributed by atoms with van der Waals surface area (Å²) in [6, 6.07) is 2.92. The van der Waals surface area contributed by atoms with E-state index in [4.69, 9.17) is 28.3 Å². The Morgan fingerprint density at radius 2 is 2.00 bits per heavy atom. The van der Waals surface area contributed by atoms with Gasteiger partial charge in [0.2, 0.25) is 10.0 Å². The number of hydrogen-bond donors (Lipinski definition) is 1. The molecule has 0 amide bonds. The van der Waals surface area contributed by atoms with Gasteiger partial charge in [0.1, 0.15) is 6.04 Å². The summed E-state index contributed by atoms with van der Waals surface area (Å²) in [5, 5.41) is 9.41. The van der Waals surface area contributed by atoms with Gasteiger partial charge in [-0.2, -0.15) is 4.31 Å². The first-order valence-electron chi connectivity index (χ1n) is 5.54. The minimum absolute atomic E-state index is 0.0462. The van der Waals surface area contributed by atoms with E-state index in [0.29, 0.717) is 12.8 Å². The monoisotopic (exact) mass is 323 g/mol. The van der Waals surface area contributed by atoms with Gasteiger partial charge in [-0.15, -0.1) is 0 Å². The Morgan fingerprint density at radius 1 is 1.32 bits per heavy atom. The fourth-order valence-corrected chi connectivity index (χ4v) is 4.09. The van der Waals surface area contributed by atoms with Gasteiger partial charge in [0.25, 0.3) is 0 Å². The Hall–Kier alpha value is -0.820. The van der Waals surface area contributed by atoms with E-state index in [9.17, 15) is 13.2 Å². The molecule has 2 rings (SSSR count). The highest BCUT2D eigenvalue weighted by Crippen LogP contribution is 2.30. The quantitative estimate of drug-likeness (QED) is 0.925. The fourth-order valence-electron chi connectivity index (χ4n) is 2.05. The molecule has 0 radical (unpaired) electrons. The second-order valence-corrected chi connectivity index (χ2v) is 6.89. The molecule has 1 saturated heterocycles. The van der Waals surface area contributed by atoms with E-state index in [1.807, 2.05) is 0 Å². The third-order valence-corrected chi connectivity index (χ3v) is 5.63. The van der Waals surface area contributed by atoms with Crippen molar-refractivity contribution in [1.82, 2.24) is 4.31 Å². The zero-order chi connectivity index (χ0) is 14.2. The molecule has 1 atom stereocenters. The molecule has 1 N–H and O–H groups in total. The fraction of sp³-hybridized carbons (Fsp3) is 0.364. The van der Waals surface area contributed by atoms with Crippen molar-refractivity contribution >= 4 is 39.2 Å². The lowest BCUT2D eigenvalue weighted by Gasteiger charge is -2.21. The van der Waals surface area contributed by atoms with Crippen LogP contribution in [0.3, 0.4) is 0 Å². The van der Waals surface area contributed by atoms with Crippen LogP contribution in [0.25, 0.3) is 0 Å². The maximum atomic E-state index is 12.4. The van der Waals surface area contributed by atoms with E-state index in [1.54, 1.807) is 0 Å². The standard InChI is InChI=1S/C11H11Cl2NO4S/c12-8-4-3-7(6-9(8)13)19(17,18)14-5-1-2-10(14)11(15)16/h3-4,6,10H,1-2,5H2,(H,15,16)/t10-/m0/s1. The molecular weight excluding hydrogens is 313 g/mol. The number of halogens is 2. The van der Waals surface area contributed by atoms with Crippen molar-refractivity contribution in [2.24, 2.45) is 0 Å². The van der Waals surface area contributed by atoms with Crippen molar-refractivity contribution in [2.75, 3.05) is 6.54 Å². The van der Waals surface area contributed by atoms with Crippen LogP contribution in [0.4, 0.5) is 0 Å². The summed E-state index contributed by atoms with van der Waals surface area (Å²) in [7, 11) is -3.86. The third kappa shape index (κ3) is 2.72. The average Bonchev–Trinajstić information content (AvgIpc) is 2.82. The number of carboxylic acid groups (broad SMARTS) is 1. The maximum absolute atomic E-state index is 12.4. The van der Waals surface area contributed by atoms with E-state index in [-0.39, 0.29) is 21.5 Å². The van der Waals surface area contributed by atoms with E-state index < -0.39 is 22.0 Å². The molecule has 0 aromatic heterocycles. The van der Waals surface area contributed by atoms with Gasteiger partial charge in [-0.05, 0) is 31.0 Å². The molecule has 0 unspecified atom stereocenters. The topological polar surface area (TPSA) is 74.7 Å². The van der Waals surface area contributed by atoms with Crippen molar-refractivity contribution in [2.45, 2.75) is 23.8 Å². The minimum atomic E-state index is -3.86. The highest BCUT2D eigenvalue weighted by atomic mass is 35.5. The number of nitrogens with zero attached hydrogens (tertiary/aromatic N) is 1. The highest BCUT2D eigenvalue weighted by Gasteiger charge is 2.39. The molecule has 0 saturated carbocycles. The van der Waals surface area contributed by atoms with Gasteiger partial charge in [0.05, 0.1) is 14.9 Å². The summed E-state index contributed by atoms with van der Waals surface area (Å²) in [6.07, 6.45) is 0.841. The molecule has 1 aliphatic rings. The highest BCUT2D eigenvalue weighted by molar-refractivity contribution is 7.89. The molecule has 1 aromatic rings. The Labute approximate surface area is 120 Å². The number of aliphatic carboxylic acids is 1. The normalized spacial score (nSPS) is 20.6. The third-order valence-electron chi connectivity index (χ3n) is 2.99. The molecule has 8 heteroatoms. The molecule has 5 nitrogen and oxygen atoms in total. The number of hydrogen-bond acceptors (Lipinski definition) is 3. The molecule has 0 spiro atoms. The van der Waals surface area contributed by atoms with Gasteiger partial charge in [0.15, 0.2) is 0 Å². The average molecular weight is 324 g/mol. The smallest absolute Gasteiger partial charge is 0.322 e. The molecular formula is C11H11Cl2NO4S. The largest absolute Gasteiger partial charge is 0.480 e. The number of carbonyl (C=O) groups is 1. The Kier molecular flexibility index (Phi) is 4.06. The van der Waals surface area contributed by atoms with Crippen molar-refractivity contribution in [3.8, 4) is 0 Å². The molecule has 19 heavy (non-hydrogen) atoms. The van der Waals surface area contributed by atoms with Crippen LogP contribution in [0.5, 0.6) is 0 Å². The second kappa shape index (κ2) is 5.28. The first-order chi connectivity index (χ1) is 8.84. The summed E-state index contributed by atoms with van der Waals surface area (Å²) < 4.78 is 25.7. The molecule has 104 valence electrons. The van der Waals surface area contributed by atoms with Crippen molar-refractivity contribution in [3.63, 3.8) is 0 Å². The van der Waals surface area contributed by atoms with E-state index in [0.717, 1.165) is 4.31 Å². The number of benzene rings is 1. The lowest BCUT2D eigenvalue weighted by molar-refractivity contribution is -0.140. The first-order valence-corrected chi connectivity index (χ1v) is 7.73. The van der Waals surface area contributed by atoms with Crippen LogP contribution in [0.15, 0.2) is 23.1 Å². The Morgan fingerprint density at radius 3 is 2.58 bits per heavy atom. The summed E-state index contributed by atoms with van der Waals surface area (Å²) in [5.74, 6) is -1.14. The molecule has 0 aliphatic carbocycles.